The van der Waals surface area contributed by atoms with Crippen LogP contribution in [-0.2, 0) is 28.6 Å². The molecule has 1 unspecified atom stereocenters. The van der Waals surface area contributed by atoms with Crippen LogP contribution in [0.2, 0.25) is 0 Å². The van der Waals surface area contributed by atoms with E-state index in [9.17, 15) is 14.4 Å². The summed E-state index contributed by atoms with van der Waals surface area (Å²) in [6, 6.07) is 0. The van der Waals surface area contributed by atoms with Gasteiger partial charge >= 0.3 is 17.9 Å². The number of hydrogen-bond acceptors (Lipinski definition) is 6. The lowest BCUT2D eigenvalue weighted by Gasteiger charge is -2.18. The van der Waals surface area contributed by atoms with Crippen LogP contribution in [0.5, 0.6) is 0 Å². The number of rotatable bonds is 42. The molecule has 0 aromatic heterocycles. The fraction of sp³-hybridized carbons (Fsp3) is 0.534. The summed E-state index contributed by atoms with van der Waals surface area (Å²) in [5, 5.41) is 0. The lowest BCUT2D eigenvalue weighted by atomic mass is 10.1. The summed E-state index contributed by atoms with van der Waals surface area (Å²) in [5.74, 6) is -1.04. The maximum absolute atomic E-state index is 12.8. The number of ether oxygens (including phenoxy) is 3. The summed E-state index contributed by atoms with van der Waals surface area (Å²) in [7, 11) is 0. The molecule has 0 aliphatic rings. The highest BCUT2D eigenvalue weighted by molar-refractivity contribution is 5.71. The van der Waals surface area contributed by atoms with Crippen LogP contribution in [-0.4, -0.2) is 37.2 Å². The number of allylic oxidation sites excluding steroid dienone is 24. The fourth-order valence-corrected chi connectivity index (χ4v) is 6.11. The highest BCUT2D eigenvalue weighted by atomic mass is 16.6. The lowest BCUT2D eigenvalue weighted by Crippen LogP contribution is -2.30. The summed E-state index contributed by atoms with van der Waals surface area (Å²) in [6.07, 6.45) is 72.6. The van der Waals surface area contributed by atoms with Gasteiger partial charge in [0.15, 0.2) is 6.10 Å². The first-order chi connectivity index (χ1) is 31.5. The molecular weight excluding hydrogens is 793 g/mol. The molecule has 0 saturated heterocycles. The Morgan fingerprint density at radius 2 is 0.688 bits per heavy atom. The third kappa shape index (κ3) is 48.3. The van der Waals surface area contributed by atoms with Gasteiger partial charge in [-0.05, 0) is 89.9 Å². The lowest BCUT2D eigenvalue weighted by molar-refractivity contribution is -0.167. The van der Waals surface area contributed by atoms with Gasteiger partial charge in [0.05, 0.1) is 0 Å². The summed E-state index contributed by atoms with van der Waals surface area (Å²) in [6.45, 7) is 6.23. The molecule has 356 valence electrons. The number of hydrogen-bond donors (Lipinski definition) is 0. The fourth-order valence-electron chi connectivity index (χ4n) is 6.11. The zero-order valence-electron chi connectivity index (χ0n) is 40.5. The first-order valence-electron chi connectivity index (χ1n) is 25.0. The van der Waals surface area contributed by atoms with E-state index in [2.05, 4.69) is 93.7 Å². The minimum atomic E-state index is -0.826. The molecule has 0 aromatic carbocycles. The molecule has 0 aromatic rings. The molecule has 6 nitrogen and oxygen atoms in total. The Balaban J connectivity index is 4.54. The highest BCUT2D eigenvalue weighted by Gasteiger charge is 2.19. The second-order valence-corrected chi connectivity index (χ2v) is 15.8. The van der Waals surface area contributed by atoms with E-state index in [4.69, 9.17) is 14.2 Å². The third-order valence-electron chi connectivity index (χ3n) is 9.81. The molecule has 0 N–H and O–H groups in total. The van der Waals surface area contributed by atoms with Crippen LogP contribution in [0, 0.1) is 0 Å². The van der Waals surface area contributed by atoms with Crippen LogP contribution in [0.3, 0.4) is 0 Å². The molecule has 0 amide bonds. The van der Waals surface area contributed by atoms with Gasteiger partial charge in [0, 0.05) is 19.3 Å². The number of esters is 3. The van der Waals surface area contributed by atoms with Crippen molar-refractivity contribution < 1.29 is 28.6 Å². The maximum Gasteiger partial charge on any atom is 0.306 e. The van der Waals surface area contributed by atoms with Crippen molar-refractivity contribution in [3.05, 3.63) is 146 Å². The van der Waals surface area contributed by atoms with Crippen molar-refractivity contribution >= 4 is 17.9 Å². The van der Waals surface area contributed by atoms with Gasteiger partial charge in [0.1, 0.15) is 13.2 Å². The van der Waals surface area contributed by atoms with E-state index in [1.54, 1.807) is 0 Å². The molecule has 0 aliphatic carbocycles. The molecule has 0 bridgehead atoms. The average Bonchev–Trinajstić information content (AvgIpc) is 3.29. The highest BCUT2D eigenvalue weighted by Crippen LogP contribution is 2.12. The van der Waals surface area contributed by atoms with Crippen molar-refractivity contribution in [2.75, 3.05) is 13.2 Å². The van der Waals surface area contributed by atoms with Gasteiger partial charge in [0.25, 0.3) is 0 Å². The predicted molar refractivity (Wildman–Crippen MR) is 274 cm³/mol. The zero-order chi connectivity index (χ0) is 46.5. The molecule has 6 heteroatoms. The Morgan fingerprint density at radius 1 is 0.344 bits per heavy atom. The summed E-state index contributed by atoms with van der Waals surface area (Å²) >= 11 is 0. The van der Waals surface area contributed by atoms with Gasteiger partial charge in [-0.2, -0.15) is 0 Å². The zero-order valence-corrected chi connectivity index (χ0v) is 40.5. The number of unbranched alkanes of at least 4 members (excludes halogenated alkanes) is 15. The van der Waals surface area contributed by atoms with Gasteiger partial charge in [-0.15, -0.1) is 0 Å². The quantitative estimate of drug-likeness (QED) is 0.0200. The molecule has 1 atom stereocenters. The predicted octanol–water partition coefficient (Wildman–Crippen LogP) is 16.5. The molecule has 0 spiro atoms. The van der Waals surface area contributed by atoms with E-state index in [-0.39, 0.29) is 44.0 Å². The Kier molecular flexibility index (Phi) is 47.2. The van der Waals surface area contributed by atoms with Crippen LogP contribution in [0.25, 0.3) is 0 Å². The van der Waals surface area contributed by atoms with Crippen LogP contribution in [0.15, 0.2) is 146 Å². The standard InChI is InChI=1S/C58H88O6/c1-4-7-10-13-16-19-21-23-25-27-29-31-32-34-36-39-42-45-48-51-57(60)63-54-55(53-62-56(59)50-47-44-41-38-18-15-12-9-6-3)64-58(61)52-49-46-43-40-37-35-33-30-28-26-24-22-20-17-14-11-8-5-2/h7,9-10,12-13,16,18-19,21-34,36,38,55H,4-6,8,11,14-15,17,20,35,37,39-54H2,1-3H3/b10-7-,12-9-,16-13-,21-19-,24-22-,25-23-,28-26-,29-27+,32-31-,33-30-,36-34-,38-18-. The van der Waals surface area contributed by atoms with Crippen LogP contribution in [0.4, 0.5) is 0 Å². The molecule has 0 radical (unpaired) electrons. The normalized spacial score (nSPS) is 13.4. The van der Waals surface area contributed by atoms with Gasteiger partial charge in [-0.25, -0.2) is 0 Å². The van der Waals surface area contributed by atoms with E-state index in [1.165, 1.54) is 32.1 Å². The summed E-state index contributed by atoms with van der Waals surface area (Å²) < 4.78 is 16.7. The minimum absolute atomic E-state index is 0.125. The van der Waals surface area contributed by atoms with Crippen molar-refractivity contribution in [2.45, 2.75) is 187 Å². The first kappa shape index (κ1) is 59.3. The molecule has 0 aliphatic heterocycles. The van der Waals surface area contributed by atoms with Crippen LogP contribution >= 0.6 is 0 Å². The van der Waals surface area contributed by atoms with Crippen molar-refractivity contribution in [1.29, 1.82) is 0 Å². The van der Waals surface area contributed by atoms with Crippen molar-refractivity contribution in [3.8, 4) is 0 Å². The summed E-state index contributed by atoms with van der Waals surface area (Å²) in [4.78, 5) is 37.9. The Hall–Kier alpha value is -4.71. The van der Waals surface area contributed by atoms with E-state index in [0.29, 0.717) is 19.3 Å². The summed E-state index contributed by atoms with van der Waals surface area (Å²) in [5.41, 5.74) is 0. The van der Waals surface area contributed by atoms with Crippen molar-refractivity contribution in [3.63, 3.8) is 0 Å². The van der Waals surface area contributed by atoms with E-state index in [0.717, 1.165) is 96.3 Å². The SMILES string of the molecule is CC\C=C/C=C\C=C/C=C\C=C\C=C/C=C\CCCCCC(=O)OCC(COC(=O)CCCC/C=C\C/C=C\CC)OC(=O)CCCCCCC\C=C/C=C\C=C/CCCCCCC. The Morgan fingerprint density at radius 3 is 1.17 bits per heavy atom. The Labute approximate surface area is 391 Å². The van der Waals surface area contributed by atoms with Gasteiger partial charge in [-0.3, -0.25) is 14.4 Å². The number of carbonyl (C=O) groups is 3. The maximum atomic E-state index is 12.8. The second kappa shape index (κ2) is 50.9. The molecule has 0 saturated carbocycles. The minimum Gasteiger partial charge on any atom is -0.462 e. The van der Waals surface area contributed by atoms with Crippen LogP contribution in [0.1, 0.15) is 181 Å². The third-order valence-corrected chi connectivity index (χ3v) is 9.81. The van der Waals surface area contributed by atoms with Gasteiger partial charge in [-0.1, -0.05) is 218 Å². The van der Waals surface area contributed by atoms with Crippen molar-refractivity contribution in [2.24, 2.45) is 0 Å². The van der Waals surface area contributed by atoms with Crippen molar-refractivity contribution in [1.82, 2.24) is 0 Å². The molecule has 0 heterocycles. The number of carbonyl (C=O) groups excluding carboxylic acids is 3. The second-order valence-electron chi connectivity index (χ2n) is 15.8. The Bertz CT molecular complexity index is 1480. The van der Waals surface area contributed by atoms with E-state index < -0.39 is 6.10 Å². The largest absolute Gasteiger partial charge is 0.462 e. The first-order valence-corrected chi connectivity index (χ1v) is 25.0. The monoisotopic (exact) mass is 881 g/mol. The van der Waals surface area contributed by atoms with Gasteiger partial charge < -0.3 is 14.2 Å². The van der Waals surface area contributed by atoms with E-state index in [1.807, 2.05) is 72.9 Å². The molecule has 64 heavy (non-hydrogen) atoms. The van der Waals surface area contributed by atoms with Gasteiger partial charge in [0.2, 0.25) is 0 Å². The van der Waals surface area contributed by atoms with E-state index >= 15 is 0 Å². The van der Waals surface area contributed by atoms with Crippen LogP contribution < -0.4 is 0 Å². The molecule has 0 fully saturated rings. The smallest absolute Gasteiger partial charge is 0.306 e. The average molecular weight is 881 g/mol. The topological polar surface area (TPSA) is 78.9 Å². The molecular formula is C58H88O6. The molecule has 0 rings (SSSR count).